The van der Waals surface area contributed by atoms with Crippen LogP contribution in [-0.2, 0) is 0 Å². The number of nitrogens with one attached hydrogen (secondary N) is 1. The van der Waals surface area contributed by atoms with Crippen molar-refractivity contribution in [3.63, 3.8) is 0 Å². The molecule has 1 saturated carbocycles. The Labute approximate surface area is 135 Å². The second-order valence-electron chi connectivity index (χ2n) is 5.32. The maximum Gasteiger partial charge on any atom is 0.213 e. The number of H-pyrrole nitrogens is 1. The predicted molar refractivity (Wildman–Crippen MR) is 79.6 cm³/mol. The van der Waals surface area contributed by atoms with E-state index in [0.717, 1.165) is 12.8 Å². The third-order valence-electron chi connectivity index (χ3n) is 3.52. The fourth-order valence-corrected chi connectivity index (χ4v) is 2.68. The highest BCUT2D eigenvalue weighted by Crippen LogP contribution is 2.40. The third kappa shape index (κ3) is 3.20. The smallest absolute Gasteiger partial charge is 0.213 e. The van der Waals surface area contributed by atoms with Crippen molar-refractivity contribution in [2.45, 2.75) is 37.6 Å². The molecule has 2 atom stereocenters. The van der Waals surface area contributed by atoms with Gasteiger partial charge in [0.15, 0.2) is 12.0 Å². The van der Waals surface area contributed by atoms with Gasteiger partial charge in [0.2, 0.25) is 4.77 Å². The lowest BCUT2D eigenvalue weighted by Gasteiger charge is -2.13. The van der Waals surface area contributed by atoms with Gasteiger partial charge >= 0.3 is 0 Å². The molecule has 2 heterocycles. The van der Waals surface area contributed by atoms with Crippen LogP contribution in [0.3, 0.4) is 0 Å². The number of hydrogen-bond acceptors (Lipinski definition) is 2. The molecule has 2 aromatic rings. The molecule has 0 saturated heterocycles. The van der Waals surface area contributed by atoms with Gasteiger partial charge in [-0.25, -0.2) is 18.2 Å². The van der Waals surface area contributed by atoms with Crippen molar-refractivity contribution in [1.82, 2.24) is 14.8 Å². The van der Waals surface area contributed by atoms with Crippen LogP contribution in [0.4, 0.5) is 13.2 Å². The summed E-state index contributed by atoms with van der Waals surface area (Å²) in [4.78, 5) is 3.89. The van der Waals surface area contributed by atoms with E-state index in [1.54, 1.807) is 0 Å². The molecule has 0 spiro atoms. The molecule has 22 heavy (non-hydrogen) atoms. The van der Waals surface area contributed by atoms with Gasteiger partial charge in [-0.05, 0) is 43.3 Å². The first-order valence-electron chi connectivity index (χ1n) is 6.87. The number of rotatable bonds is 1. The van der Waals surface area contributed by atoms with E-state index < -0.39 is 24.2 Å². The molecule has 2 unspecified atom stereocenters. The molecule has 3 nitrogen and oxygen atoms in total. The molecule has 0 radical (unpaired) electrons. The molecule has 1 aliphatic heterocycles. The van der Waals surface area contributed by atoms with Gasteiger partial charge in [-0.15, -0.1) is 0 Å². The highest BCUT2D eigenvalue weighted by Gasteiger charge is 2.35. The van der Waals surface area contributed by atoms with E-state index in [9.17, 15) is 13.2 Å². The molecule has 1 aliphatic carbocycles. The Morgan fingerprint density at radius 3 is 2.64 bits per heavy atom. The van der Waals surface area contributed by atoms with Crippen LogP contribution >= 0.6 is 23.8 Å². The normalized spacial score (nSPS) is 22.9. The zero-order chi connectivity index (χ0) is 15.9. The molecule has 1 aromatic heterocycles. The van der Waals surface area contributed by atoms with Crippen LogP contribution in [0.5, 0.6) is 0 Å². The molecule has 1 aromatic carbocycles. The molecular formula is C14H13ClF3N3S. The number of benzene rings is 1. The number of nitrogens with zero attached hydrogens (tertiary/aromatic N) is 2. The number of alkyl halides is 2. The largest absolute Gasteiger partial charge is 0.270 e. The van der Waals surface area contributed by atoms with Crippen LogP contribution in [0.2, 0.25) is 5.02 Å². The molecule has 0 bridgehead atoms. The summed E-state index contributed by atoms with van der Waals surface area (Å²) in [6.07, 6.45) is 0.104. The minimum absolute atomic E-state index is 0.131. The zero-order valence-electron chi connectivity index (χ0n) is 11.4. The van der Waals surface area contributed by atoms with Gasteiger partial charge in [0.05, 0.1) is 6.04 Å². The number of aromatic nitrogens is 3. The summed E-state index contributed by atoms with van der Waals surface area (Å²) in [6.45, 7) is 0. The standard InChI is InChI=1S/C11H8ClF2N3S.C3H5F/c12-5-1-2-7(13)6(3-5)9-4-8(14)10-15-11(18)16-17(9)10;4-3-1-2-3/h1-3,8-9H,4H2,(H,16,18);3H,1-2H2. The van der Waals surface area contributed by atoms with Crippen LogP contribution in [0.25, 0.3) is 0 Å². The van der Waals surface area contributed by atoms with E-state index in [1.165, 1.54) is 22.9 Å². The van der Waals surface area contributed by atoms with E-state index in [-0.39, 0.29) is 17.0 Å². The fourth-order valence-electron chi connectivity index (χ4n) is 2.31. The Morgan fingerprint density at radius 1 is 1.32 bits per heavy atom. The monoisotopic (exact) mass is 347 g/mol. The molecule has 1 fully saturated rings. The zero-order valence-corrected chi connectivity index (χ0v) is 13.0. The quantitative estimate of drug-likeness (QED) is 0.748. The van der Waals surface area contributed by atoms with Crippen LogP contribution in [0.15, 0.2) is 18.2 Å². The number of fused-ring (bicyclic) bond motifs is 1. The van der Waals surface area contributed by atoms with E-state index in [0.29, 0.717) is 10.6 Å². The van der Waals surface area contributed by atoms with Crippen molar-refractivity contribution in [3.8, 4) is 0 Å². The van der Waals surface area contributed by atoms with Crippen molar-refractivity contribution in [1.29, 1.82) is 0 Å². The molecular weight excluding hydrogens is 335 g/mol. The predicted octanol–water partition coefficient (Wildman–Crippen LogP) is 4.86. The van der Waals surface area contributed by atoms with Gasteiger partial charge in [-0.2, -0.15) is 0 Å². The number of halogens is 4. The van der Waals surface area contributed by atoms with Gasteiger partial charge in [-0.3, -0.25) is 9.78 Å². The maximum absolute atomic E-state index is 13.8. The lowest BCUT2D eigenvalue weighted by Crippen LogP contribution is -2.09. The summed E-state index contributed by atoms with van der Waals surface area (Å²) in [5.41, 5.74) is 0.340. The summed E-state index contributed by atoms with van der Waals surface area (Å²) in [7, 11) is 0. The van der Waals surface area contributed by atoms with Gasteiger partial charge in [-0.1, -0.05) is 11.6 Å². The van der Waals surface area contributed by atoms with E-state index in [4.69, 9.17) is 23.8 Å². The van der Waals surface area contributed by atoms with Crippen molar-refractivity contribution in [2.75, 3.05) is 0 Å². The molecule has 118 valence electrons. The van der Waals surface area contributed by atoms with Crippen molar-refractivity contribution in [2.24, 2.45) is 0 Å². The molecule has 4 rings (SSSR count). The first kappa shape index (κ1) is 15.6. The summed E-state index contributed by atoms with van der Waals surface area (Å²) >= 11 is 10.7. The highest BCUT2D eigenvalue weighted by atomic mass is 35.5. The summed E-state index contributed by atoms with van der Waals surface area (Å²) in [5, 5.41) is 3.16. The maximum atomic E-state index is 13.8. The SMILES string of the molecule is FC1CC1.Fc1ccc(Cl)cc1C1CC(F)c2nc(=S)[nH]n21. The average molecular weight is 348 g/mol. The topological polar surface area (TPSA) is 33.6 Å². The number of hydrogen-bond donors (Lipinski definition) is 1. The molecule has 0 amide bonds. The summed E-state index contributed by atoms with van der Waals surface area (Å²) in [5.74, 6) is -0.207. The second-order valence-corrected chi connectivity index (χ2v) is 6.14. The van der Waals surface area contributed by atoms with Gasteiger partial charge < -0.3 is 0 Å². The fraction of sp³-hybridized carbons (Fsp3) is 0.429. The van der Waals surface area contributed by atoms with E-state index in [2.05, 4.69) is 10.1 Å². The molecule has 2 aliphatic rings. The Morgan fingerprint density at radius 2 is 2.00 bits per heavy atom. The van der Waals surface area contributed by atoms with E-state index >= 15 is 0 Å². The van der Waals surface area contributed by atoms with E-state index in [1.807, 2.05) is 0 Å². The second kappa shape index (κ2) is 6.04. The summed E-state index contributed by atoms with van der Waals surface area (Å²) in [6, 6.07) is 3.74. The van der Waals surface area contributed by atoms with Crippen molar-refractivity contribution < 1.29 is 13.2 Å². The first-order chi connectivity index (χ1) is 10.5. The van der Waals surface area contributed by atoms with Crippen molar-refractivity contribution in [3.05, 3.63) is 45.2 Å². The minimum atomic E-state index is -1.25. The third-order valence-corrected chi connectivity index (χ3v) is 3.94. The minimum Gasteiger partial charge on any atom is -0.270 e. The Hall–Kier alpha value is -1.34. The Bertz CT molecular complexity index is 741. The average Bonchev–Trinajstić information content (AvgIpc) is 3.06. The van der Waals surface area contributed by atoms with Gasteiger partial charge in [0.1, 0.15) is 12.0 Å². The highest BCUT2D eigenvalue weighted by molar-refractivity contribution is 7.71. The molecule has 1 N–H and O–H groups in total. The Balaban J connectivity index is 0.000000313. The lowest BCUT2D eigenvalue weighted by molar-refractivity contribution is 0.327. The van der Waals surface area contributed by atoms with Crippen LogP contribution in [0, 0.1) is 10.6 Å². The first-order valence-corrected chi connectivity index (χ1v) is 7.66. The number of aromatic amines is 1. The van der Waals surface area contributed by atoms with Crippen LogP contribution in [0.1, 0.15) is 42.9 Å². The Kier molecular flexibility index (Phi) is 4.27. The van der Waals surface area contributed by atoms with Crippen LogP contribution < -0.4 is 0 Å². The van der Waals surface area contributed by atoms with Crippen LogP contribution in [-0.4, -0.2) is 20.9 Å². The summed E-state index contributed by atoms with van der Waals surface area (Å²) < 4.78 is 40.4. The molecule has 8 heteroatoms. The van der Waals surface area contributed by atoms with Crippen molar-refractivity contribution >= 4 is 23.8 Å². The van der Waals surface area contributed by atoms with Gasteiger partial charge in [0, 0.05) is 17.0 Å². The lowest BCUT2D eigenvalue weighted by atomic mass is 10.0. The van der Waals surface area contributed by atoms with Gasteiger partial charge in [0.25, 0.3) is 0 Å².